The van der Waals surface area contributed by atoms with Gasteiger partial charge in [-0.3, -0.25) is 10.4 Å². The lowest BCUT2D eigenvalue weighted by atomic mass is 10.0. The number of hydrazone groups is 1. The van der Waals surface area contributed by atoms with E-state index < -0.39 is 0 Å². The van der Waals surface area contributed by atoms with E-state index in [2.05, 4.69) is 34.6 Å². The van der Waals surface area contributed by atoms with Crippen molar-refractivity contribution >= 4 is 17.2 Å². The lowest BCUT2D eigenvalue weighted by molar-refractivity contribution is 0.340. The van der Waals surface area contributed by atoms with Gasteiger partial charge in [0.2, 0.25) is 0 Å². The molecule has 134 valence electrons. The standard InChI is InChI=1S/C22H20N4O/c1-3-27-18-10-11-20-19(13-18)21(17-5-4-12-23-14-17)25-26-22(24-20)16-8-6-15(2)7-9-16/h4-14H,3H2,1-2H3,(H,24,26). The average Bonchev–Trinajstić information content (AvgIpc) is 2.89. The zero-order valence-electron chi connectivity index (χ0n) is 15.3. The summed E-state index contributed by atoms with van der Waals surface area (Å²) in [5.74, 6) is 1.50. The molecule has 1 aromatic heterocycles. The third-order valence-electron chi connectivity index (χ3n) is 4.30. The maximum absolute atomic E-state index is 5.68. The first kappa shape index (κ1) is 17.0. The van der Waals surface area contributed by atoms with E-state index in [1.165, 1.54) is 5.56 Å². The second-order valence-electron chi connectivity index (χ2n) is 6.25. The van der Waals surface area contributed by atoms with Crippen molar-refractivity contribution < 1.29 is 4.74 Å². The van der Waals surface area contributed by atoms with Gasteiger partial charge in [-0.1, -0.05) is 29.8 Å². The molecule has 1 N–H and O–H groups in total. The third kappa shape index (κ3) is 3.58. The Labute approximate surface area is 158 Å². The van der Waals surface area contributed by atoms with Crippen LogP contribution in [0.3, 0.4) is 0 Å². The van der Waals surface area contributed by atoms with Crippen LogP contribution in [-0.2, 0) is 0 Å². The summed E-state index contributed by atoms with van der Waals surface area (Å²) in [5, 5.41) is 4.66. The molecule has 2 aromatic carbocycles. The summed E-state index contributed by atoms with van der Waals surface area (Å²) < 4.78 is 5.68. The van der Waals surface area contributed by atoms with Crippen LogP contribution in [0.25, 0.3) is 0 Å². The van der Waals surface area contributed by atoms with E-state index in [4.69, 9.17) is 9.73 Å². The summed E-state index contributed by atoms with van der Waals surface area (Å²) in [6, 6.07) is 18.0. The number of pyridine rings is 1. The Bertz CT molecular complexity index is 1010. The summed E-state index contributed by atoms with van der Waals surface area (Å²) in [5.41, 5.74) is 8.76. The van der Waals surface area contributed by atoms with Crippen LogP contribution in [0.5, 0.6) is 5.75 Å². The Balaban J connectivity index is 1.85. The topological polar surface area (TPSA) is 58.9 Å². The summed E-state index contributed by atoms with van der Waals surface area (Å²) in [6.45, 7) is 4.64. The molecule has 0 aliphatic carbocycles. The number of aryl methyl sites for hydroxylation is 1. The molecule has 1 aliphatic heterocycles. The second kappa shape index (κ2) is 7.41. The maximum Gasteiger partial charge on any atom is 0.154 e. The molecule has 27 heavy (non-hydrogen) atoms. The molecule has 0 saturated heterocycles. The van der Waals surface area contributed by atoms with Gasteiger partial charge < -0.3 is 4.74 Å². The quantitative estimate of drug-likeness (QED) is 0.761. The van der Waals surface area contributed by atoms with E-state index in [9.17, 15) is 0 Å². The van der Waals surface area contributed by atoms with Crippen LogP contribution in [0.15, 0.2) is 77.1 Å². The van der Waals surface area contributed by atoms with E-state index in [1.54, 1.807) is 12.4 Å². The first-order chi connectivity index (χ1) is 13.2. The van der Waals surface area contributed by atoms with Crippen LogP contribution in [0, 0.1) is 6.92 Å². The van der Waals surface area contributed by atoms with Gasteiger partial charge in [0.25, 0.3) is 0 Å². The Hall–Kier alpha value is -3.47. The molecule has 0 atom stereocenters. The summed E-state index contributed by atoms with van der Waals surface area (Å²) in [6.07, 6.45) is 3.55. The number of hydrogen-bond acceptors (Lipinski definition) is 5. The molecule has 0 radical (unpaired) electrons. The van der Waals surface area contributed by atoms with Crippen molar-refractivity contribution in [2.75, 3.05) is 6.61 Å². The first-order valence-corrected chi connectivity index (χ1v) is 8.91. The van der Waals surface area contributed by atoms with Gasteiger partial charge in [0.05, 0.1) is 12.3 Å². The molecule has 0 fully saturated rings. The summed E-state index contributed by atoms with van der Waals surface area (Å²) in [7, 11) is 0. The Morgan fingerprint density at radius 1 is 1.00 bits per heavy atom. The van der Waals surface area contributed by atoms with Gasteiger partial charge in [0.1, 0.15) is 11.5 Å². The number of ether oxygens (including phenoxy) is 1. The van der Waals surface area contributed by atoms with E-state index in [-0.39, 0.29) is 0 Å². The van der Waals surface area contributed by atoms with Crippen molar-refractivity contribution in [3.05, 3.63) is 89.2 Å². The maximum atomic E-state index is 5.68. The number of fused-ring (bicyclic) bond motifs is 1. The molecular formula is C22H20N4O. The highest BCUT2D eigenvalue weighted by Gasteiger charge is 2.18. The number of aromatic nitrogens is 1. The predicted molar refractivity (Wildman–Crippen MR) is 108 cm³/mol. The van der Waals surface area contributed by atoms with E-state index in [0.717, 1.165) is 33.8 Å². The zero-order valence-corrected chi connectivity index (χ0v) is 15.3. The molecule has 0 unspecified atom stereocenters. The number of nitrogens with one attached hydrogen (secondary N) is 1. The average molecular weight is 356 g/mol. The molecule has 0 saturated carbocycles. The third-order valence-corrected chi connectivity index (χ3v) is 4.30. The lowest BCUT2D eigenvalue weighted by Crippen LogP contribution is -2.19. The molecule has 3 aromatic rings. The molecule has 5 heteroatoms. The number of benzene rings is 2. The smallest absolute Gasteiger partial charge is 0.154 e. The Kier molecular flexibility index (Phi) is 4.66. The molecular weight excluding hydrogens is 336 g/mol. The molecule has 0 spiro atoms. The lowest BCUT2D eigenvalue weighted by Gasteiger charge is -2.10. The fraction of sp³-hybridized carbons (Fsp3) is 0.136. The van der Waals surface area contributed by atoms with Gasteiger partial charge in [0.15, 0.2) is 5.84 Å². The molecule has 1 aliphatic rings. The van der Waals surface area contributed by atoms with Crippen LogP contribution in [0.2, 0.25) is 0 Å². The zero-order chi connectivity index (χ0) is 18.6. The van der Waals surface area contributed by atoms with Gasteiger partial charge in [-0.25, -0.2) is 4.99 Å². The van der Waals surface area contributed by atoms with Crippen molar-refractivity contribution in [2.24, 2.45) is 10.1 Å². The summed E-state index contributed by atoms with van der Waals surface area (Å²) in [4.78, 5) is 9.06. The molecule has 0 bridgehead atoms. The number of amidine groups is 1. The Morgan fingerprint density at radius 3 is 2.59 bits per heavy atom. The van der Waals surface area contributed by atoms with Crippen LogP contribution >= 0.6 is 0 Å². The monoisotopic (exact) mass is 356 g/mol. The highest BCUT2D eigenvalue weighted by atomic mass is 16.5. The normalized spacial score (nSPS) is 13.0. The van der Waals surface area contributed by atoms with Crippen molar-refractivity contribution in [1.82, 2.24) is 10.4 Å². The van der Waals surface area contributed by atoms with Gasteiger partial charge in [-0.2, -0.15) is 5.10 Å². The largest absolute Gasteiger partial charge is 0.494 e. The highest BCUT2D eigenvalue weighted by Crippen LogP contribution is 2.29. The van der Waals surface area contributed by atoms with Gasteiger partial charge in [-0.15, -0.1) is 0 Å². The number of nitrogens with zero attached hydrogens (tertiary/aromatic N) is 3. The van der Waals surface area contributed by atoms with Gasteiger partial charge in [0, 0.05) is 29.1 Å². The van der Waals surface area contributed by atoms with Crippen LogP contribution in [-0.4, -0.2) is 23.1 Å². The molecule has 2 heterocycles. The highest BCUT2D eigenvalue weighted by molar-refractivity contribution is 6.18. The SMILES string of the molecule is CCOc1ccc2c(c1)C(c1cccnc1)=NNC(c1ccc(C)cc1)=N2. The van der Waals surface area contributed by atoms with Gasteiger partial charge >= 0.3 is 0 Å². The molecule has 5 nitrogen and oxygen atoms in total. The minimum atomic E-state index is 0.605. The van der Waals surface area contributed by atoms with Crippen molar-refractivity contribution in [3.63, 3.8) is 0 Å². The molecule has 4 rings (SSSR count). The fourth-order valence-electron chi connectivity index (χ4n) is 2.94. The van der Waals surface area contributed by atoms with Crippen molar-refractivity contribution in [2.45, 2.75) is 13.8 Å². The van der Waals surface area contributed by atoms with E-state index in [1.807, 2.05) is 49.4 Å². The summed E-state index contributed by atoms with van der Waals surface area (Å²) >= 11 is 0. The van der Waals surface area contributed by atoms with Crippen LogP contribution in [0.1, 0.15) is 29.2 Å². The van der Waals surface area contributed by atoms with E-state index >= 15 is 0 Å². The predicted octanol–water partition coefficient (Wildman–Crippen LogP) is 4.22. The van der Waals surface area contributed by atoms with Crippen molar-refractivity contribution in [1.29, 1.82) is 0 Å². The molecule has 0 amide bonds. The number of rotatable bonds is 4. The number of aliphatic imine (C=N–C) groups is 1. The Morgan fingerprint density at radius 2 is 1.85 bits per heavy atom. The van der Waals surface area contributed by atoms with Gasteiger partial charge in [-0.05, 0) is 44.2 Å². The van der Waals surface area contributed by atoms with Crippen LogP contribution < -0.4 is 10.2 Å². The van der Waals surface area contributed by atoms with E-state index in [0.29, 0.717) is 12.4 Å². The number of hydrogen-bond donors (Lipinski definition) is 1. The fourth-order valence-corrected chi connectivity index (χ4v) is 2.94. The minimum Gasteiger partial charge on any atom is -0.494 e. The van der Waals surface area contributed by atoms with Crippen LogP contribution in [0.4, 0.5) is 5.69 Å². The first-order valence-electron chi connectivity index (χ1n) is 8.91. The second-order valence-corrected chi connectivity index (χ2v) is 6.25. The minimum absolute atomic E-state index is 0.605. The van der Waals surface area contributed by atoms with Crippen molar-refractivity contribution in [3.8, 4) is 5.75 Å².